The summed E-state index contributed by atoms with van der Waals surface area (Å²) >= 11 is 5.15. The third kappa shape index (κ3) is 2.72. The molecule has 0 spiro atoms. The van der Waals surface area contributed by atoms with Crippen LogP contribution in [0.4, 0.5) is 0 Å². The Morgan fingerprint density at radius 3 is 2.94 bits per heavy atom. The molecular weight excluding hydrogens is 300 g/mol. The summed E-state index contributed by atoms with van der Waals surface area (Å²) in [6.45, 7) is 1.65. The molecule has 1 N–H and O–H groups in total. The second kappa shape index (κ2) is 4.71. The quantitative estimate of drug-likeness (QED) is 0.925. The van der Waals surface area contributed by atoms with Gasteiger partial charge in [-0.05, 0) is 41.3 Å². The minimum Gasteiger partial charge on any atom is -0.336 e. The van der Waals surface area contributed by atoms with Crippen LogP contribution in [-0.2, 0) is 11.3 Å². The van der Waals surface area contributed by atoms with E-state index < -0.39 is 0 Å². The molecular formula is C12H15BrN2OS. The molecule has 1 saturated carbocycles. The van der Waals surface area contributed by atoms with Gasteiger partial charge in [0, 0.05) is 27.3 Å². The highest BCUT2D eigenvalue weighted by molar-refractivity contribution is 9.10. The lowest BCUT2D eigenvalue weighted by Gasteiger charge is -2.16. The molecule has 1 aliphatic carbocycles. The van der Waals surface area contributed by atoms with Crippen molar-refractivity contribution < 1.29 is 4.79 Å². The standard InChI is InChI=1S/C12H15BrN2OS/c13-8-5-10(17-7-8)6-15-4-3-11(12(15)16)14-9-1-2-9/h5,7,9,11,14H,1-4,6H2. The van der Waals surface area contributed by atoms with Gasteiger partial charge in [-0.2, -0.15) is 0 Å². The zero-order valence-electron chi connectivity index (χ0n) is 9.49. The van der Waals surface area contributed by atoms with Crippen molar-refractivity contribution in [2.45, 2.75) is 37.9 Å². The van der Waals surface area contributed by atoms with Crippen LogP contribution in [-0.4, -0.2) is 29.4 Å². The van der Waals surface area contributed by atoms with Crippen molar-refractivity contribution in [2.75, 3.05) is 6.54 Å². The average molecular weight is 315 g/mol. The lowest BCUT2D eigenvalue weighted by molar-refractivity contribution is -0.129. The van der Waals surface area contributed by atoms with Crippen LogP contribution in [0.2, 0.25) is 0 Å². The van der Waals surface area contributed by atoms with E-state index in [1.54, 1.807) is 11.3 Å². The van der Waals surface area contributed by atoms with Crippen molar-refractivity contribution in [3.8, 4) is 0 Å². The Balaban J connectivity index is 1.59. The highest BCUT2D eigenvalue weighted by Crippen LogP contribution is 2.25. The molecule has 1 aromatic heterocycles. The van der Waals surface area contributed by atoms with E-state index in [0.717, 1.165) is 24.0 Å². The van der Waals surface area contributed by atoms with Gasteiger partial charge in [-0.25, -0.2) is 0 Å². The number of nitrogens with zero attached hydrogens (tertiary/aromatic N) is 1. The lowest BCUT2D eigenvalue weighted by atomic mass is 10.2. The Morgan fingerprint density at radius 1 is 1.47 bits per heavy atom. The molecule has 0 bridgehead atoms. The second-order valence-corrected chi connectivity index (χ2v) is 6.68. The summed E-state index contributed by atoms with van der Waals surface area (Å²) in [5, 5.41) is 5.49. The van der Waals surface area contributed by atoms with Crippen molar-refractivity contribution in [1.29, 1.82) is 0 Å². The zero-order chi connectivity index (χ0) is 11.8. The van der Waals surface area contributed by atoms with Crippen LogP contribution in [0.3, 0.4) is 0 Å². The van der Waals surface area contributed by atoms with Crippen molar-refractivity contribution >= 4 is 33.2 Å². The monoisotopic (exact) mass is 314 g/mol. The number of nitrogens with one attached hydrogen (secondary N) is 1. The van der Waals surface area contributed by atoms with E-state index >= 15 is 0 Å². The molecule has 5 heteroatoms. The van der Waals surface area contributed by atoms with E-state index in [2.05, 4.69) is 32.7 Å². The molecule has 2 fully saturated rings. The summed E-state index contributed by atoms with van der Waals surface area (Å²) in [5.74, 6) is 0.279. The molecule has 1 unspecified atom stereocenters. The maximum atomic E-state index is 12.1. The van der Waals surface area contributed by atoms with Gasteiger partial charge >= 0.3 is 0 Å². The number of hydrogen-bond donors (Lipinski definition) is 1. The van der Waals surface area contributed by atoms with Gasteiger partial charge in [-0.15, -0.1) is 11.3 Å². The molecule has 1 aromatic rings. The maximum absolute atomic E-state index is 12.1. The highest BCUT2D eigenvalue weighted by Gasteiger charge is 2.35. The Morgan fingerprint density at radius 2 is 2.29 bits per heavy atom. The van der Waals surface area contributed by atoms with Crippen LogP contribution < -0.4 is 5.32 Å². The summed E-state index contributed by atoms with van der Waals surface area (Å²) in [4.78, 5) is 15.4. The molecule has 3 nitrogen and oxygen atoms in total. The minimum atomic E-state index is 0.0749. The average Bonchev–Trinajstić information content (AvgIpc) is 2.94. The first-order chi connectivity index (χ1) is 8.22. The molecule has 1 amide bonds. The first-order valence-electron chi connectivity index (χ1n) is 6.00. The number of thiophene rings is 1. The molecule has 1 aliphatic heterocycles. The molecule has 1 saturated heterocycles. The van der Waals surface area contributed by atoms with E-state index in [0.29, 0.717) is 6.04 Å². The van der Waals surface area contributed by atoms with Gasteiger partial charge in [0.2, 0.25) is 5.91 Å². The largest absolute Gasteiger partial charge is 0.336 e. The van der Waals surface area contributed by atoms with Gasteiger partial charge in [0.1, 0.15) is 0 Å². The number of carbonyl (C=O) groups excluding carboxylic acids is 1. The third-order valence-electron chi connectivity index (χ3n) is 3.28. The smallest absolute Gasteiger partial charge is 0.240 e. The van der Waals surface area contributed by atoms with Crippen LogP contribution in [0.5, 0.6) is 0 Å². The van der Waals surface area contributed by atoms with Crippen LogP contribution in [0.25, 0.3) is 0 Å². The Bertz CT molecular complexity index is 430. The topological polar surface area (TPSA) is 32.3 Å². The summed E-state index contributed by atoms with van der Waals surface area (Å²) in [7, 11) is 0. The molecule has 2 heterocycles. The summed E-state index contributed by atoms with van der Waals surface area (Å²) in [6.07, 6.45) is 3.44. The summed E-state index contributed by atoms with van der Waals surface area (Å²) in [6, 6.07) is 2.78. The van der Waals surface area contributed by atoms with Crippen LogP contribution in [0, 0.1) is 0 Å². The van der Waals surface area contributed by atoms with Gasteiger partial charge in [0.05, 0.1) is 12.6 Å². The van der Waals surface area contributed by atoms with Crippen molar-refractivity contribution in [1.82, 2.24) is 10.2 Å². The maximum Gasteiger partial charge on any atom is 0.240 e. The fraction of sp³-hybridized carbons (Fsp3) is 0.583. The van der Waals surface area contributed by atoms with Crippen LogP contribution in [0.1, 0.15) is 24.1 Å². The van der Waals surface area contributed by atoms with E-state index in [9.17, 15) is 4.79 Å². The van der Waals surface area contributed by atoms with Gasteiger partial charge in [0.15, 0.2) is 0 Å². The fourth-order valence-corrected chi connectivity index (χ4v) is 3.68. The Labute approximate surface area is 113 Å². The zero-order valence-corrected chi connectivity index (χ0v) is 11.9. The van der Waals surface area contributed by atoms with E-state index in [1.165, 1.54) is 17.7 Å². The predicted octanol–water partition coefficient (Wildman–Crippen LogP) is 2.36. The molecule has 0 aromatic carbocycles. The third-order valence-corrected chi connectivity index (χ3v) is 4.96. The SMILES string of the molecule is O=C1C(NC2CC2)CCN1Cc1cc(Br)cs1. The van der Waals surface area contributed by atoms with Crippen LogP contribution >= 0.6 is 27.3 Å². The molecule has 92 valence electrons. The van der Waals surface area contributed by atoms with Crippen molar-refractivity contribution in [3.63, 3.8) is 0 Å². The lowest BCUT2D eigenvalue weighted by Crippen LogP contribution is -2.39. The van der Waals surface area contributed by atoms with E-state index in [4.69, 9.17) is 0 Å². The predicted molar refractivity (Wildman–Crippen MR) is 72.0 cm³/mol. The summed E-state index contributed by atoms with van der Waals surface area (Å²) in [5.41, 5.74) is 0. The summed E-state index contributed by atoms with van der Waals surface area (Å²) < 4.78 is 1.11. The molecule has 0 radical (unpaired) electrons. The molecule has 3 rings (SSSR count). The number of hydrogen-bond acceptors (Lipinski definition) is 3. The van der Waals surface area contributed by atoms with Gasteiger partial charge in [-0.3, -0.25) is 4.79 Å². The number of rotatable bonds is 4. The van der Waals surface area contributed by atoms with Crippen LogP contribution in [0.15, 0.2) is 15.9 Å². The fourth-order valence-electron chi connectivity index (χ4n) is 2.21. The number of halogens is 1. The van der Waals surface area contributed by atoms with Gasteiger partial charge in [-0.1, -0.05) is 0 Å². The normalized spacial score (nSPS) is 24.6. The first-order valence-corrected chi connectivity index (χ1v) is 7.67. The van der Waals surface area contributed by atoms with Crippen molar-refractivity contribution in [3.05, 3.63) is 20.8 Å². The highest BCUT2D eigenvalue weighted by atomic mass is 79.9. The number of likely N-dealkylation sites (tertiary alicyclic amines) is 1. The Kier molecular flexibility index (Phi) is 3.23. The van der Waals surface area contributed by atoms with E-state index in [-0.39, 0.29) is 11.9 Å². The molecule has 2 aliphatic rings. The molecule has 17 heavy (non-hydrogen) atoms. The van der Waals surface area contributed by atoms with Gasteiger partial charge < -0.3 is 10.2 Å². The van der Waals surface area contributed by atoms with Crippen molar-refractivity contribution in [2.24, 2.45) is 0 Å². The van der Waals surface area contributed by atoms with E-state index in [1.807, 2.05) is 4.90 Å². The van der Waals surface area contributed by atoms with Gasteiger partial charge in [0.25, 0.3) is 0 Å². The number of amides is 1. The minimum absolute atomic E-state index is 0.0749. The Hall–Kier alpha value is -0.390. The molecule has 1 atom stereocenters. The first kappa shape index (κ1) is 11.7. The second-order valence-electron chi connectivity index (χ2n) is 4.77. The number of carbonyl (C=O) groups is 1.